The van der Waals surface area contributed by atoms with Gasteiger partial charge in [-0.1, -0.05) is 12.1 Å². The third kappa shape index (κ3) is 2.82. The van der Waals surface area contributed by atoms with E-state index in [0.717, 1.165) is 17.9 Å². The maximum absolute atomic E-state index is 9.55. The minimum absolute atomic E-state index is 0.409. The van der Waals surface area contributed by atoms with E-state index in [1.807, 2.05) is 24.3 Å². The fourth-order valence-corrected chi connectivity index (χ4v) is 2.33. The third-order valence-corrected chi connectivity index (χ3v) is 3.60. The van der Waals surface area contributed by atoms with E-state index in [-0.39, 0.29) is 0 Å². The quantitative estimate of drug-likeness (QED) is 0.890. The van der Waals surface area contributed by atoms with Gasteiger partial charge in [-0.2, -0.15) is 0 Å². The van der Waals surface area contributed by atoms with Crippen molar-refractivity contribution in [3.05, 3.63) is 54.0 Å². The van der Waals surface area contributed by atoms with Crippen LogP contribution in [0.1, 0.15) is 37.2 Å². The number of hydrogen-bond donors (Lipinski definition) is 1. The molecule has 1 heterocycles. The summed E-state index contributed by atoms with van der Waals surface area (Å²) in [7, 11) is 0. The van der Waals surface area contributed by atoms with Crippen molar-refractivity contribution >= 4 is 5.69 Å². The van der Waals surface area contributed by atoms with Gasteiger partial charge < -0.3 is 14.4 Å². The van der Waals surface area contributed by atoms with Crippen molar-refractivity contribution in [1.82, 2.24) is 0 Å². The van der Waals surface area contributed by atoms with Gasteiger partial charge in [-0.05, 0) is 49.6 Å². The fraction of sp³-hybridized carbons (Fsp3) is 0.375. The van der Waals surface area contributed by atoms with Gasteiger partial charge in [0, 0.05) is 11.7 Å². The molecule has 0 bridgehead atoms. The summed E-state index contributed by atoms with van der Waals surface area (Å²) in [5.41, 5.74) is 2.15. The van der Waals surface area contributed by atoms with Crippen molar-refractivity contribution in [2.24, 2.45) is 0 Å². The molecular weight excluding hydrogens is 238 g/mol. The molecule has 1 aliphatic carbocycles. The summed E-state index contributed by atoms with van der Waals surface area (Å²) in [6, 6.07) is 12.7. The van der Waals surface area contributed by atoms with Crippen LogP contribution in [0.5, 0.6) is 0 Å². The predicted molar refractivity (Wildman–Crippen MR) is 75.0 cm³/mol. The molecule has 0 unspecified atom stereocenters. The third-order valence-electron chi connectivity index (χ3n) is 3.60. The normalized spacial score (nSPS) is 16.3. The number of rotatable bonds is 5. The van der Waals surface area contributed by atoms with Gasteiger partial charge in [0.1, 0.15) is 5.76 Å². The molecule has 19 heavy (non-hydrogen) atoms. The zero-order chi connectivity index (χ0) is 13.2. The van der Waals surface area contributed by atoms with Crippen LogP contribution in [-0.2, 0) is 6.54 Å². The molecule has 1 atom stereocenters. The average Bonchev–Trinajstić information content (AvgIpc) is 3.13. The van der Waals surface area contributed by atoms with E-state index in [0.29, 0.717) is 6.04 Å². The lowest BCUT2D eigenvalue weighted by Crippen LogP contribution is -2.24. The second-order valence-corrected chi connectivity index (χ2v) is 5.21. The van der Waals surface area contributed by atoms with E-state index in [1.165, 1.54) is 18.5 Å². The Kier molecular flexibility index (Phi) is 3.30. The monoisotopic (exact) mass is 257 g/mol. The number of furan rings is 1. The van der Waals surface area contributed by atoms with E-state index in [2.05, 4.69) is 17.0 Å². The van der Waals surface area contributed by atoms with Crippen LogP contribution in [0.15, 0.2) is 47.1 Å². The molecule has 2 aromatic rings. The summed E-state index contributed by atoms with van der Waals surface area (Å²) in [6.45, 7) is 2.60. The lowest BCUT2D eigenvalue weighted by atomic mass is 10.1. The highest BCUT2D eigenvalue weighted by Crippen LogP contribution is 2.33. The maximum atomic E-state index is 9.55. The van der Waals surface area contributed by atoms with E-state index in [4.69, 9.17) is 4.42 Å². The summed E-state index contributed by atoms with van der Waals surface area (Å²) >= 11 is 0. The number of aliphatic hydroxyl groups is 1. The van der Waals surface area contributed by atoms with Crippen molar-refractivity contribution in [1.29, 1.82) is 0 Å². The molecule has 1 aliphatic rings. The molecule has 1 saturated carbocycles. The minimum atomic E-state index is -0.409. The molecule has 0 aliphatic heterocycles. The van der Waals surface area contributed by atoms with Gasteiger partial charge in [-0.15, -0.1) is 0 Å². The lowest BCUT2D eigenvalue weighted by molar-refractivity contribution is 0.199. The zero-order valence-electron chi connectivity index (χ0n) is 11.1. The van der Waals surface area contributed by atoms with Crippen molar-refractivity contribution in [3.63, 3.8) is 0 Å². The predicted octanol–water partition coefficient (Wildman–Crippen LogP) is 3.50. The minimum Gasteiger partial charge on any atom is -0.467 e. The molecule has 0 spiro atoms. The summed E-state index contributed by atoms with van der Waals surface area (Å²) < 4.78 is 5.44. The number of hydrogen-bond acceptors (Lipinski definition) is 3. The van der Waals surface area contributed by atoms with Crippen LogP contribution in [0.25, 0.3) is 0 Å². The second kappa shape index (κ2) is 5.10. The van der Waals surface area contributed by atoms with Crippen LogP contribution < -0.4 is 4.90 Å². The van der Waals surface area contributed by atoms with Crippen LogP contribution >= 0.6 is 0 Å². The topological polar surface area (TPSA) is 36.6 Å². The standard InChI is InChI=1S/C16H19NO2/c1-12(18)13-4-6-14(7-5-13)17(15-8-9-15)11-16-3-2-10-19-16/h2-7,10,12,15,18H,8-9,11H2,1H3/t12-/m1/s1. The number of benzene rings is 1. The molecule has 3 heteroatoms. The Labute approximate surface area is 113 Å². The fourth-order valence-electron chi connectivity index (χ4n) is 2.33. The Bertz CT molecular complexity index is 512. The first-order chi connectivity index (χ1) is 9.24. The summed E-state index contributed by atoms with van der Waals surface area (Å²) in [5.74, 6) is 0.992. The summed E-state index contributed by atoms with van der Waals surface area (Å²) in [5, 5.41) is 9.55. The Morgan fingerprint density at radius 2 is 2.00 bits per heavy atom. The molecular formula is C16H19NO2. The highest BCUT2D eigenvalue weighted by Gasteiger charge is 2.29. The smallest absolute Gasteiger partial charge is 0.123 e. The molecule has 0 amide bonds. The van der Waals surface area contributed by atoms with Crippen LogP contribution in [0.2, 0.25) is 0 Å². The first kappa shape index (κ1) is 12.3. The number of aliphatic hydroxyl groups excluding tert-OH is 1. The van der Waals surface area contributed by atoms with Crippen LogP contribution in [0.3, 0.4) is 0 Å². The van der Waals surface area contributed by atoms with Gasteiger partial charge in [-0.3, -0.25) is 0 Å². The van der Waals surface area contributed by atoms with E-state index in [1.54, 1.807) is 13.2 Å². The molecule has 0 saturated heterocycles. The summed E-state index contributed by atoms with van der Waals surface area (Å²) in [6.07, 6.45) is 3.81. The van der Waals surface area contributed by atoms with Gasteiger partial charge in [0.25, 0.3) is 0 Å². The van der Waals surface area contributed by atoms with Gasteiger partial charge in [0.15, 0.2) is 0 Å². The number of anilines is 1. The van der Waals surface area contributed by atoms with Crippen LogP contribution in [0, 0.1) is 0 Å². The van der Waals surface area contributed by atoms with Crippen molar-refractivity contribution in [2.45, 2.75) is 38.5 Å². The SMILES string of the molecule is C[C@@H](O)c1ccc(N(Cc2ccco2)C2CC2)cc1. The first-order valence-corrected chi connectivity index (χ1v) is 6.81. The van der Waals surface area contributed by atoms with Crippen LogP contribution in [0.4, 0.5) is 5.69 Å². The van der Waals surface area contributed by atoms with Gasteiger partial charge in [-0.25, -0.2) is 0 Å². The van der Waals surface area contributed by atoms with E-state index in [9.17, 15) is 5.11 Å². The largest absolute Gasteiger partial charge is 0.467 e. The molecule has 1 N–H and O–H groups in total. The van der Waals surface area contributed by atoms with E-state index < -0.39 is 6.10 Å². The zero-order valence-corrected chi connectivity index (χ0v) is 11.1. The maximum Gasteiger partial charge on any atom is 0.123 e. The Balaban J connectivity index is 1.79. The Morgan fingerprint density at radius 1 is 1.26 bits per heavy atom. The van der Waals surface area contributed by atoms with E-state index >= 15 is 0 Å². The Morgan fingerprint density at radius 3 is 2.53 bits per heavy atom. The molecule has 100 valence electrons. The van der Waals surface area contributed by atoms with Crippen molar-refractivity contribution in [3.8, 4) is 0 Å². The molecule has 0 radical (unpaired) electrons. The summed E-state index contributed by atoms with van der Waals surface area (Å²) in [4.78, 5) is 2.38. The first-order valence-electron chi connectivity index (χ1n) is 6.81. The Hall–Kier alpha value is -1.74. The molecule has 1 aromatic carbocycles. The van der Waals surface area contributed by atoms with Gasteiger partial charge in [0.05, 0.1) is 18.9 Å². The van der Waals surface area contributed by atoms with Crippen molar-refractivity contribution in [2.75, 3.05) is 4.90 Å². The highest BCUT2D eigenvalue weighted by atomic mass is 16.3. The highest BCUT2D eigenvalue weighted by molar-refractivity contribution is 5.50. The molecule has 1 aromatic heterocycles. The van der Waals surface area contributed by atoms with Gasteiger partial charge >= 0.3 is 0 Å². The molecule has 1 fully saturated rings. The molecule has 3 nitrogen and oxygen atoms in total. The number of nitrogens with zero attached hydrogens (tertiary/aromatic N) is 1. The second-order valence-electron chi connectivity index (χ2n) is 5.21. The van der Waals surface area contributed by atoms with Crippen molar-refractivity contribution < 1.29 is 9.52 Å². The molecule has 3 rings (SSSR count). The van der Waals surface area contributed by atoms with Crippen LogP contribution in [-0.4, -0.2) is 11.1 Å². The average molecular weight is 257 g/mol. The van der Waals surface area contributed by atoms with Gasteiger partial charge in [0.2, 0.25) is 0 Å². The lowest BCUT2D eigenvalue weighted by Gasteiger charge is -2.24.